The number of aryl methyl sites for hydroxylation is 2. The van der Waals surface area contributed by atoms with Crippen LogP contribution >= 0.6 is 23.5 Å². The van der Waals surface area contributed by atoms with Crippen molar-refractivity contribution in [3.05, 3.63) is 58.7 Å². The number of aromatic amines is 2. The minimum absolute atomic E-state index is 0.934. The highest BCUT2D eigenvalue weighted by molar-refractivity contribution is 7.98. The average molecular weight is 345 g/mol. The Morgan fingerprint density at radius 1 is 0.826 bits per heavy atom. The molecule has 0 amide bonds. The second-order valence-corrected chi connectivity index (χ2v) is 7.39. The van der Waals surface area contributed by atoms with Crippen LogP contribution in [-0.4, -0.2) is 19.9 Å². The number of imidazole rings is 2. The molecule has 2 heterocycles. The fourth-order valence-electron chi connectivity index (χ4n) is 2.66. The predicted molar refractivity (Wildman–Crippen MR) is 97.0 cm³/mol. The molecule has 3 rings (SSSR count). The third-order valence-electron chi connectivity index (χ3n) is 3.94. The van der Waals surface area contributed by atoms with E-state index in [2.05, 4.69) is 46.8 Å². The van der Waals surface area contributed by atoms with E-state index in [-0.39, 0.29) is 0 Å². The number of thioether (sulfide) groups is 2. The molecule has 0 radical (unpaired) electrons. The molecule has 0 bridgehead atoms. The molecule has 23 heavy (non-hydrogen) atoms. The summed E-state index contributed by atoms with van der Waals surface area (Å²) in [7, 11) is 0. The molecule has 0 saturated carbocycles. The van der Waals surface area contributed by atoms with Gasteiger partial charge < -0.3 is 9.97 Å². The number of benzene rings is 1. The van der Waals surface area contributed by atoms with Gasteiger partial charge in [0.15, 0.2) is 10.3 Å². The lowest BCUT2D eigenvalue weighted by Gasteiger charge is -2.16. The van der Waals surface area contributed by atoms with Gasteiger partial charge in [0.05, 0.1) is 0 Å². The van der Waals surface area contributed by atoms with Crippen molar-refractivity contribution in [2.75, 3.05) is 0 Å². The third-order valence-corrected chi connectivity index (χ3v) is 5.80. The van der Waals surface area contributed by atoms with Gasteiger partial charge in [0.25, 0.3) is 0 Å². The van der Waals surface area contributed by atoms with E-state index in [1.165, 1.54) is 27.8 Å². The highest BCUT2D eigenvalue weighted by atomic mass is 32.2. The largest absolute Gasteiger partial charge is 0.340 e. The first kappa shape index (κ1) is 16.2. The highest BCUT2D eigenvalue weighted by Crippen LogP contribution is 2.31. The number of H-pyrrole nitrogens is 2. The van der Waals surface area contributed by atoms with Crippen molar-refractivity contribution in [2.45, 2.75) is 42.6 Å². The van der Waals surface area contributed by atoms with Crippen molar-refractivity contribution in [3.8, 4) is 0 Å². The zero-order chi connectivity index (χ0) is 16.2. The Bertz CT molecular complexity index is 702. The first-order valence-electron chi connectivity index (χ1n) is 7.48. The summed E-state index contributed by atoms with van der Waals surface area (Å²) in [5, 5.41) is 1.94. The van der Waals surface area contributed by atoms with Crippen molar-refractivity contribution in [1.29, 1.82) is 0 Å². The van der Waals surface area contributed by atoms with E-state index in [1.807, 2.05) is 12.4 Å². The molecule has 0 atom stereocenters. The van der Waals surface area contributed by atoms with E-state index < -0.39 is 0 Å². The zero-order valence-electron chi connectivity index (χ0n) is 13.5. The van der Waals surface area contributed by atoms with Crippen molar-refractivity contribution >= 4 is 23.5 Å². The van der Waals surface area contributed by atoms with E-state index in [1.54, 1.807) is 35.9 Å². The van der Waals surface area contributed by atoms with Crippen molar-refractivity contribution in [3.63, 3.8) is 0 Å². The molecule has 0 aliphatic rings. The van der Waals surface area contributed by atoms with Gasteiger partial charge >= 0.3 is 0 Å². The summed E-state index contributed by atoms with van der Waals surface area (Å²) in [5.74, 6) is 1.87. The molecule has 0 aliphatic heterocycles. The summed E-state index contributed by atoms with van der Waals surface area (Å²) in [6.45, 7) is 6.62. The number of nitrogens with one attached hydrogen (secondary N) is 2. The summed E-state index contributed by atoms with van der Waals surface area (Å²) in [5.41, 5.74) is 6.91. The molecule has 2 N–H and O–H groups in total. The van der Waals surface area contributed by atoms with E-state index in [0.717, 1.165) is 21.8 Å². The normalized spacial score (nSPS) is 11.1. The van der Waals surface area contributed by atoms with Crippen LogP contribution in [0.15, 0.2) is 41.2 Å². The SMILES string of the molecule is Cc1cc(C)c(CSc2ncc[nH]2)c(C)c1CSc1ncc[nH]1. The maximum Gasteiger partial charge on any atom is 0.165 e. The minimum Gasteiger partial charge on any atom is -0.340 e. The second-order valence-electron chi connectivity index (χ2n) is 5.46. The molecular weight excluding hydrogens is 324 g/mol. The molecule has 120 valence electrons. The number of nitrogens with zero attached hydrogens (tertiary/aromatic N) is 2. The third kappa shape index (κ3) is 3.82. The molecule has 0 unspecified atom stereocenters. The van der Waals surface area contributed by atoms with Gasteiger partial charge in [-0.1, -0.05) is 29.6 Å². The Morgan fingerprint density at radius 2 is 1.30 bits per heavy atom. The monoisotopic (exact) mass is 344 g/mol. The lowest BCUT2D eigenvalue weighted by molar-refractivity contribution is 1.05. The van der Waals surface area contributed by atoms with Gasteiger partial charge in [-0.2, -0.15) is 0 Å². The molecule has 3 aromatic rings. The lowest BCUT2D eigenvalue weighted by atomic mass is 9.95. The van der Waals surface area contributed by atoms with Crippen LogP contribution in [0, 0.1) is 20.8 Å². The van der Waals surface area contributed by atoms with Crippen LogP contribution in [0.5, 0.6) is 0 Å². The first-order valence-corrected chi connectivity index (χ1v) is 9.45. The molecule has 0 fully saturated rings. The topological polar surface area (TPSA) is 57.4 Å². The molecule has 1 aromatic carbocycles. The maximum atomic E-state index is 4.29. The van der Waals surface area contributed by atoms with Crippen LogP contribution in [-0.2, 0) is 11.5 Å². The highest BCUT2D eigenvalue weighted by Gasteiger charge is 2.12. The Kier molecular flexibility index (Phi) is 5.13. The van der Waals surface area contributed by atoms with E-state index in [4.69, 9.17) is 0 Å². The molecule has 6 heteroatoms. The number of rotatable bonds is 6. The Labute approximate surface area is 144 Å². The minimum atomic E-state index is 0.934. The van der Waals surface area contributed by atoms with Gasteiger partial charge in [0.1, 0.15) is 0 Å². The van der Waals surface area contributed by atoms with Crippen LogP contribution in [0.2, 0.25) is 0 Å². The second kappa shape index (κ2) is 7.27. The van der Waals surface area contributed by atoms with Gasteiger partial charge in [-0.15, -0.1) is 0 Å². The number of hydrogen-bond acceptors (Lipinski definition) is 4. The predicted octanol–water partition coefficient (Wildman–Crippen LogP) is 4.64. The Morgan fingerprint density at radius 3 is 1.70 bits per heavy atom. The summed E-state index contributed by atoms with van der Waals surface area (Å²) >= 11 is 3.49. The fourth-order valence-corrected chi connectivity index (χ4v) is 4.68. The van der Waals surface area contributed by atoms with Crippen LogP contribution < -0.4 is 0 Å². The van der Waals surface area contributed by atoms with Gasteiger partial charge in [-0.05, 0) is 48.6 Å². The van der Waals surface area contributed by atoms with Crippen molar-refractivity contribution in [2.24, 2.45) is 0 Å². The quantitative estimate of drug-likeness (QED) is 0.640. The average Bonchev–Trinajstić information content (AvgIpc) is 3.19. The van der Waals surface area contributed by atoms with Crippen LogP contribution in [0.1, 0.15) is 27.8 Å². The Hall–Kier alpha value is -1.66. The van der Waals surface area contributed by atoms with E-state index >= 15 is 0 Å². The lowest BCUT2D eigenvalue weighted by Crippen LogP contribution is -2.00. The summed E-state index contributed by atoms with van der Waals surface area (Å²) in [4.78, 5) is 14.9. The number of aromatic nitrogens is 4. The molecule has 0 aliphatic carbocycles. The smallest absolute Gasteiger partial charge is 0.165 e. The van der Waals surface area contributed by atoms with Crippen LogP contribution in [0.3, 0.4) is 0 Å². The van der Waals surface area contributed by atoms with Gasteiger partial charge in [-0.3, -0.25) is 0 Å². The zero-order valence-corrected chi connectivity index (χ0v) is 15.1. The van der Waals surface area contributed by atoms with E-state index in [9.17, 15) is 0 Å². The summed E-state index contributed by atoms with van der Waals surface area (Å²) < 4.78 is 0. The standard InChI is InChI=1S/C17H20N4S2/c1-11-8-12(2)15(10-23-17-20-6-7-21-17)13(3)14(11)9-22-16-18-4-5-19-16/h4-8H,9-10H2,1-3H3,(H,18,19)(H,20,21). The maximum absolute atomic E-state index is 4.29. The summed E-state index contributed by atoms with van der Waals surface area (Å²) in [6, 6.07) is 2.29. The van der Waals surface area contributed by atoms with Gasteiger partial charge in [0, 0.05) is 36.3 Å². The summed E-state index contributed by atoms with van der Waals surface area (Å²) in [6.07, 6.45) is 7.32. The van der Waals surface area contributed by atoms with Crippen LogP contribution in [0.25, 0.3) is 0 Å². The van der Waals surface area contributed by atoms with Crippen LogP contribution in [0.4, 0.5) is 0 Å². The molecule has 0 spiro atoms. The fraction of sp³-hybridized carbons (Fsp3) is 0.294. The molecule has 2 aromatic heterocycles. The van der Waals surface area contributed by atoms with Crippen molar-refractivity contribution < 1.29 is 0 Å². The van der Waals surface area contributed by atoms with E-state index in [0.29, 0.717) is 0 Å². The molecule has 4 nitrogen and oxygen atoms in total. The molecule has 0 saturated heterocycles. The molecular formula is C17H20N4S2. The number of hydrogen-bond donors (Lipinski definition) is 2. The Balaban J connectivity index is 1.80. The van der Waals surface area contributed by atoms with Gasteiger partial charge in [-0.25, -0.2) is 9.97 Å². The first-order chi connectivity index (χ1) is 11.1. The van der Waals surface area contributed by atoms with Crippen molar-refractivity contribution in [1.82, 2.24) is 19.9 Å². The van der Waals surface area contributed by atoms with Gasteiger partial charge in [0.2, 0.25) is 0 Å².